The van der Waals surface area contributed by atoms with Crippen LogP contribution in [0.25, 0.3) is 0 Å². The molecule has 0 aromatic carbocycles. The van der Waals surface area contributed by atoms with Gasteiger partial charge in [0.2, 0.25) is 0 Å². The van der Waals surface area contributed by atoms with Gasteiger partial charge < -0.3 is 10.4 Å². The van der Waals surface area contributed by atoms with Crippen LogP contribution in [0.15, 0.2) is 14.6 Å². The van der Waals surface area contributed by atoms with Crippen LogP contribution < -0.4 is 10.5 Å². The summed E-state index contributed by atoms with van der Waals surface area (Å²) in [6.45, 7) is 15.8. The molecule has 1 atom stereocenters. The fourth-order valence-electron chi connectivity index (χ4n) is 1.71. The van der Waals surface area contributed by atoms with Crippen LogP contribution in [-0.4, -0.2) is 35.3 Å². The minimum absolute atomic E-state index is 0.00774. The van der Waals surface area contributed by atoms with Crippen LogP contribution in [0.4, 0.5) is 0 Å². The molecule has 0 aliphatic carbocycles. The average Bonchev–Trinajstić information content (AvgIpc) is 2.22. The van der Waals surface area contributed by atoms with Crippen molar-refractivity contribution in [3.8, 4) is 0 Å². The number of nitrogens with two attached hydrogens (primary N) is 1. The van der Waals surface area contributed by atoms with Crippen molar-refractivity contribution in [3.05, 3.63) is 10.6 Å². The van der Waals surface area contributed by atoms with Crippen LogP contribution in [0.1, 0.15) is 41.5 Å². The summed E-state index contributed by atoms with van der Waals surface area (Å²) in [6, 6.07) is 0. The molecule has 0 aliphatic heterocycles. The summed E-state index contributed by atoms with van der Waals surface area (Å²) in [6.07, 6.45) is 0. The van der Waals surface area contributed by atoms with Crippen LogP contribution in [0.2, 0.25) is 18.1 Å². The van der Waals surface area contributed by atoms with Crippen molar-refractivity contribution < 1.29 is 9.32 Å². The zero-order chi connectivity index (χ0) is 18.0. The zero-order valence-electron chi connectivity index (χ0n) is 15.4. The van der Waals surface area contributed by atoms with Crippen LogP contribution >= 0.6 is 11.8 Å². The third-order valence-electron chi connectivity index (χ3n) is 3.88. The van der Waals surface area contributed by atoms with Crippen molar-refractivity contribution >= 4 is 29.9 Å². The molecule has 22 heavy (non-hydrogen) atoms. The molecular weight excluding hydrogens is 334 g/mol. The van der Waals surface area contributed by atoms with Gasteiger partial charge in [0.15, 0.2) is 8.24 Å². The third-order valence-corrected chi connectivity index (χ3v) is 13.1. The minimum Gasteiger partial charge on any atom is -0.388 e. The largest absolute Gasteiger partial charge is 0.388 e. The molecule has 0 saturated heterocycles. The van der Waals surface area contributed by atoms with E-state index >= 15 is 0 Å². The molecular formula is C14H33N3O2S2Si. The molecule has 0 aliphatic rings. The number of hydrogen-bond acceptors (Lipinski definition) is 5. The minimum atomic E-state index is -2.75. The first kappa shape index (κ1) is 22.0. The highest BCUT2D eigenvalue weighted by atomic mass is 32.3. The Hall–Kier alpha value is -0.0231. The monoisotopic (exact) mass is 367 g/mol. The lowest BCUT2D eigenvalue weighted by molar-refractivity contribution is 0.112. The van der Waals surface area contributed by atoms with E-state index in [0.717, 1.165) is 4.91 Å². The smallest absolute Gasteiger partial charge is 0.194 e. The highest BCUT2D eigenvalue weighted by Gasteiger charge is 2.37. The first-order valence-electron chi connectivity index (χ1n) is 7.31. The van der Waals surface area contributed by atoms with Crippen LogP contribution in [0, 0.1) is 0 Å². The normalized spacial score (nSPS) is 17.6. The van der Waals surface area contributed by atoms with Gasteiger partial charge in [0.25, 0.3) is 0 Å². The summed E-state index contributed by atoms with van der Waals surface area (Å²) in [5.41, 5.74) is -0.266. The Labute approximate surface area is 141 Å². The first-order chi connectivity index (χ1) is 9.53. The predicted molar refractivity (Wildman–Crippen MR) is 102 cm³/mol. The van der Waals surface area contributed by atoms with Gasteiger partial charge in [-0.05, 0) is 38.9 Å². The molecule has 0 amide bonds. The fourth-order valence-corrected chi connectivity index (χ4v) is 8.46. The van der Waals surface area contributed by atoms with E-state index in [-0.39, 0.29) is 10.1 Å². The van der Waals surface area contributed by atoms with E-state index in [4.69, 9.17) is 5.14 Å². The van der Waals surface area contributed by atoms with Gasteiger partial charge in [-0.15, -0.1) is 11.8 Å². The summed E-state index contributed by atoms with van der Waals surface area (Å²) < 4.78 is 17.2. The quantitative estimate of drug-likeness (QED) is 0.629. The zero-order valence-corrected chi connectivity index (χ0v) is 18.0. The molecule has 1 unspecified atom stereocenters. The number of nitrogens with zero attached hydrogens (tertiary/aromatic N) is 1. The van der Waals surface area contributed by atoms with E-state index in [1.54, 1.807) is 20.9 Å². The lowest BCUT2D eigenvalue weighted by Gasteiger charge is -2.32. The third kappa shape index (κ3) is 6.62. The van der Waals surface area contributed by atoms with Crippen LogP contribution in [-0.2, 0) is 9.92 Å². The van der Waals surface area contributed by atoms with E-state index in [9.17, 15) is 9.32 Å². The Balaban J connectivity index is 5.35. The van der Waals surface area contributed by atoms with Gasteiger partial charge in [-0.25, -0.2) is 9.35 Å². The number of rotatable bonds is 6. The van der Waals surface area contributed by atoms with Gasteiger partial charge >= 0.3 is 0 Å². The number of likely N-dealkylation sites (N-methyl/N-ethyl adjacent to an activating group) is 1. The van der Waals surface area contributed by atoms with Crippen LogP contribution in [0.3, 0.4) is 0 Å². The second-order valence-corrected chi connectivity index (χ2v) is 16.2. The van der Waals surface area contributed by atoms with Gasteiger partial charge in [0.05, 0.1) is 16.4 Å². The van der Waals surface area contributed by atoms with Crippen molar-refractivity contribution in [2.24, 2.45) is 9.17 Å². The van der Waals surface area contributed by atoms with Gasteiger partial charge in [0.1, 0.15) is 9.92 Å². The van der Waals surface area contributed by atoms with Crippen molar-refractivity contribution in [2.75, 3.05) is 12.1 Å². The van der Waals surface area contributed by atoms with E-state index in [2.05, 4.69) is 43.2 Å². The molecule has 5 nitrogen and oxygen atoms in total. The lowest BCUT2D eigenvalue weighted by Crippen LogP contribution is -2.38. The highest BCUT2D eigenvalue weighted by Crippen LogP contribution is 2.37. The van der Waals surface area contributed by atoms with Crippen molar-refractivity contribution in [3.63, 3.8) is 0 Å². The highest BCUT2D eigenvalue weighted by molar-refractivity contribution is 8.14. The summed E-state index contributed by atoms with van der Waals surface area (Å²) in [5.74, 6) is 0. The standard InChI is InChI=1S/C14H33N3O2S2Si/c1-11(12(16-7)14(5,6)18)20-10-21(15,19)17-22(8,9)13(2,3)4/h16,18H,10H2,1-9H3,(H2,15,17,19)/b12-11-. The molecule has 0 fully saturated rings. The Morgan fingerprint density at radius 2 is 1.77 bits per heavy atom. The van der Waals surface area contributed by atoms with Gasteiger partial charge in [0, 0.05) is 12.0 Å². The first-order valence-corrected chi connectivity index (χ1v) is 13.0. The number of nitrogens with one attached hydrogen (secondary N) is 1. The Morgan fingerprint density at radius 1 is 1.32 bits per heavy atom. The average molecular weight is 368 g/mol. The molecule has 0 saturated carbocycles. The second kappa shape index (κ2) is 7.25. The van der Waals surface area contributed by atoms with Crippen LogP contribution in [0.5, 0.6) is 0 Å². The molecule has 0 aromatic heterocycles. The summed E-state index contributed by atoms with van der Waals surface area (Å²) in [7, 11) is -3.04. The summed E-state index contributed by atoms with van der Waals surface area (Å²) in [5, 5.41) is 19.3. The molecule has 132 valence electrons. The van der Waals surface area contributed by atoms with Crippen molar-refractivity contribution in [2.45, 2.75) is 65.3 Å². The maximum Gasteiger partial charge on any atom is 0.194 e. The predicted octanol–water partition coefficient (Wildman–Crippen LogP) is 3.25. The molecule has 0 rings (SSSR count). The molecule has 0 bridgehead atoms. The SMILES string of the molecule is CN/C(=C(/C)SCS(N)(=O)=N[Si](C)(C)C(C)(C)C)C(C)(C)O. The Bertz CT molecular complexity index is 537. The molecule has 0 spiro atoms. The molecule has 0 heterocycles. The Morgan fingerprint density at radius 3 is 2.09 bits per heavy atom. The molecule has 8 heteroatoms. The van der Waals surface area contributed by atoms with Crippen molar-refractivity contribution in [1.29, 1.82) is 0 Å². The van der Waals surface area contributed by atoms with E-state index in [0.29, 0.717) is 5.70 Å². The van der Waals surface area contributed by atoms with Gasteiger partial charge in [-0.3, -0.25) is 4.03 Å². The number of thioether (sulfide) groups is 1. The van der Waals surface area contributed by atoms with E-state index < -0.39 is 23.8 Å². The van der Waals surface area contributed by atoms with Gasteiger partial charge in [-0.2, -0.15) is 0 Å². The maximum atomic E-state index is 12.6. The summed E-state index contributed by atoms with van der Waals surface area (Å²) in [4.78, 5) is 0.874. The van der Waals surface area contributed by atoms with Gasteiger partial charge in [-0.1, -0.05) is 20.8 Å². The topological polar surface area (TPSA) is 87.7 Å². The molecule has 0 radical (unpaired) electrons. The van der Waals surface area contributed by atoms with E-state index in [1.165, 1.54) is 11.8 Å². The molecule has 4 N–H and O–H groups in total. The summed E-state index contributed by atoms with van der Waals surface area (Å²) >= 11 is 1.38. The molecule has 0 aromatic rings. The van der Waals surface area contributed by atoms with Crippen molar-refractivity contribution in [1.82, 2.24) is 5.32 Å². The fraction of sp³-hybridized carbons (Fsp3) is 0.857. The Kier molecular flexibility index (Phi) is 7.24. The number of hydrogen-bond donors (Lipinski definition) is 3. The van der Waals surface area contributed by atoms with E-state index in [1.807, 2.05) is 6.92 Å². The number of aliphatic hydroxyl groups is 1. The number of allylic oxidation sites excluding steroid dienone is 1. The maximum absolute atomic E-state index is 12.6. The lowest BCUT2D eigenvalue weighted by atomic mass is 10.1. The second-order valence-electron chi connectivity index (χ2n) is 7.59.